The number of aliphatic carboxylic acids is 1. The maximum absolute atomic E-state index is 11.3. The van der Waals surface area contributed by atoms with Gasteiger partial charge in [0.25, 0.3) is 0 Å². The van der Waals surface area contributed by atoms with E-state index in [2.05, 4.69) is 0 Å². The fourth-order valence-electron chi connectivity index (χ4n) is 3.44. The zero-order valence-electron chi connectivity index (χ0n) is 18.6. The van der Waals surface area contributed by atoms with Gasteiger partial charge in [-0.05, 0) is 35.7 Å². The summed E-state index contributed by atoms with van der Waals surface area (Å²) in [4.78, 5) is 11.3. The third kappa shape index (κ3) is 3.92. The zero-order chi connectivity index (χ0) is 24.0. The summed E-state index contributed by atoms with van der Waals surface area (Å²) in [6.07, 6.45) is -9.14. The molecular formula is C21H22O9. The molecule has 9 heteroatoms. The average Bonchev–Trinajstić information content (AvgIpc) is 2.80. The number of aliphatic hydroxyl groups excluding tert-OH is 3. The van der Waals surface area contributed by atoms with Gasteiger partial charge in [0, 0.05) is 12.0 Å². The quantitative estimate of drug-likeness (QED) is 0.473. The molecule has 5 N–H and O–H groups in total. The molecule has 0 amide bonds. The van der Waals surface area contributed by atoms with E-state index < -0.39 is 54.5 Å². The van der Waals surface area contributed by atoms with E-state index in [0.717, 1.165) is 5.56 Å². The van der Waals surface area contributed by atoms with Crippen LogP contribution in [0.4, 0.5) is 0 Å². The van der Waals surface area contributed by atoms with Gasteiger partial charge in [-0.2, -0.15) is 0 Å². The first kappa shape index (κ1) is 16.9. The summed E-state index contributed by atoms with van der Waals surface area (Å²) < 4.78 is 41.3. The molecule has 0 saturated carbocycles. The first-order valence-corrected chi connectivity index (χ1v) is 9.23. The number of phenolic OH excluding ortho intramolecular Hbond substituents is 1. The maximum Gasteiger partial charge on any atom is 0.335 e. The van der Waals surface area contributed by atoms with Crippen LogP contribution in [0.3, 0.4) is 0 Å². The van der Waals surface area contributed by atoms with Crippen molar-refractivity contribution in [1.29, 1.82) is 0 Å². The average molecular weight is 421 g/mol. The lowest BCUT2D eigenvalue weighted by atomic mass is 9.90. The third-order valence-corrected chi connectivity index (χ3v) is 5.12. The Kier molecular flexibility index (Phi) is 4.57. The Labute approximate surface area is 175 Å². The summed E-state index contributed by atoms with van der Waals surface area (Å²) in [5, 5.41) is 48.6. The molecule has 1 fully saturated rings. The monoisotopic (exact) mass is 421 g/mol. The van der Waals surface area contributed by atoms with Gasteiger partial charge in [0.15, 0.2) is 6.10 Å². The van der Waals surface area contributed by atoms with E-state index >= 15 is 0 Å². The summed E-state index contributed by atoms with van der Waals surface area (Å²) in [6.45, 7) is 0.161. The number of hydrogen-bond donors (Lipinski definition) is 5. The van der Waals surface area contributed by atoms with E-state index in [1.54, 1.807) is 12.1 Å². The van der Waals surface area contributed by atoms with E-state index in [-0.39, 0.29) is 30.1 Å². The molecule has 2 aromatic rings. The SMILES string of the molecule is [2H]c1c([2H])c(O[C@@H]2O[C@H](C(=O)O)[C@@H](O)[C@H](O)[C@H]2O)c([2H])c2c1C[C@@H](c1ccc(O)cc1)CO2. The fourth-order valence-corrected chi connectivity index (χ4v) is 3.44. The van der Waals surface area contributed by atoms with Gasteiger partial charge in [-0.1, -0.05) is 18.2 Å². The molecule has 2 aromatic carbocycles. The molecule has 0 aliphatic carbocycles. The molecule has 160 valence electrons. The van der Waals surface area contributed by atoms with Crippen LogP contribution in [0.15, 0.2) is 42.4 Å². The zero-order valence-corrected chi connectivity index (χ0v) is 15.6. The molecule has 0 radical (unpaired) electrons. The van der Waals surface area contributed by atoms with Crippen LogP contribution in [0.5, 0.6) is 17.2 Å². The van der Waals surface area contributed by atoms with Crippen LogP contribution in [0.2, 0.25) is 0 Å². The van der Waals surface area contributed by atoms with Crippen LogP contribution in [0.25, 0.3) is 0 Å². The lowest BCUT2D eigenvalue weighted by Crippen LogP contribution is -2.61. The number of aliphatic hydroxyl groups is 3. The highest BCUT2D eigenvalue weighted by molar-refractivity contribution is 5.73. The van der Waals surface area contributed by atoms with Crippen molar-refractivity contribution in [1.82, 2.24) is 0 Å². The number of ether oxygens (including phenoxy) is 3. The van der Waals surface area contributed by atoms with E-state index in [0.29, 0.717) is 12.0 Å². The second-order valence-corrected chi connectivity index (χ2v) is 7.17. The molecule has 9 nitrogen and oxygen atoms in total. The molecule has 2 aliphatic rings. The Hall–Kier alpha value is -2.85. The van der Waals surface area contributed by atoms with E-state index in [1.165, 1.54) is 12.1 Å². The summed E-state index contributed by atoms with van der Waals surface area (Å²) in [5.74, 6) is -2.14. The number of carbonyl (C=O) groups is 1. The highest BCUT2D eigenvalue weighted by Crippen LogP contribution is 2.36. The lowest BCUT2D eigenvalue weighted by Gasteiger charge is -2.38. The molecule has 0 spiro atoms. The number of aromatic hydroxyl groups is 1. The van der Waals surface area contributed by atoms with Crippen molar-refractivity contribution in [2.45, 2.75) is 43.0 Å². The second-order valence-electron chi connectivity index (χ2n) is 7.17. The van der Waals surface area contributed by atoms with Crippen LogP contribution in [-0.4, -0.2) is 68.8 Å². The number of fused-ring (bicyclic) bond motifs is 1. The highest BCUT2D eigenvalue weighted by atomic mass is 16.7. The predicted molar refractivity (Wildman–Crippen MR) is 101 cm³/mol. The molecule has 2 heterocycles. The third-order valence-electron chi connectivity index (χ3n) is 5.12. The minimum absolute atomic E-state index is 0.0155. The normalized spacial score (nSPS) is 32.2. The summed E-state index contributed by atoms with van der Waals surface area (Å²) in [6, 6.07) is 5.33. The van der Waals surface area contributed by atoms with Crippen LogP contribution < -0.4 is 9.47 Å². The Morgan fingerprint density at radius 1 is 1.10 bits per heavy atom. The maximum atomic E-state index is 11.3. The molecule has 0 aromatic heterocycles. The number of carboxylic acid groups (broad SMARTS) is 1. The van der Waals surface area contributed by atoms with Gasteiger partial charge < -0.3 is 39.7 Å². The number of rotatable bonds is 4. The van der Waals surface area contributed by atoms with Gasteiger partial charge in [-0.3, -0.25) is 0 Å². The predicted octanol–water partition coefficient (Wildman–Crippen LogP) is 0.382. The van der Waals surface area contributed by atoms with Crippen LogP contribution in [0.1, 0.15) is 21.2 Å². The molecule has 4 rings (SSSR count). The number of phenols is 1. The number of carboxylic acids is 1. The van der Waals surface area contributed by atoms with Crippen molar-refractivity contribution >= 4 is 5.97 Å². The van der Waals surface area contributed by atoms with Gasteiger partial charge in [0.1, 0.15) is 35.6 Å². The largest absolute Gasteiger partial charge is 0.508 e. The van der Waals surface area contributed by atoms with Crippen molar-refractivity contribution in [2.24, 2.45) is 0 Å². The van der Waals surface area contributed by atoms with E-state index in [9.17, 15) is 30.3 Å². The van der Waals surface area contributed by atoms with Gasteiger partial charge in [0.2, 0.25) is 6.29 Å². The Morgan fingerprint density at radius 2 is 1.83 bits per heavy atom. The van der Waals surface area contributed by atoms with Gasteiger partial charge in [-0.15, -0.1) is 0 Å². The van der Waals surface area contributed by atoms with Gasteiger partial charge in [0.05, 0.1) is 10.7 Å². The molecule has 0 unspecified atom stereocenters. The smallest absolute Gasteiger partial charge is 0.335 e. The molecule has 2 aliphatic heterocycles. The molecule has 6 atom stereocenters. The van der Waals surface area contributed by atoms with Crippen molar-refractivity contribution in [3.05, 3.63) is 53.5 Å². The lowest BCUT2D eigenvalue weighted by molar-refractivity contribution is -0.271. The first-order valence-electron chi connectivity index (χ1n) is 10.7. The summed E-state index contributed by atoms with van der Waals surface area (Å²) in [7, 11) is 0. The van der Waals surface area contributed by atoms with Gasteiger partial charge in [-0.25, -0.2) is 4.79 Å². The van der Waals surface area contributed by atoms with E-state index in [4.69, 9.17) is 18.3 Å². The number of benzene rings is 2. The van der Waals surface area contributed by atoms with Crippen molar-refractivity contribution in [3.63, 3.8) is 0 Å². The topological polar surface area (TPSA) is 146 Å². The second kappa shape index (κ2) is 8.11. The van der Waals surface area contributed by atoms with Crippen LogP contribution >= 0.6 is 0 Å². The van der Waals surface area contributed by atoms with Crippen LogP contribution in [-0.2, 0) is 16.0 Å². The standard InChI is InChI=1S/C21H22O9/c22-13-4-1-10(2-5-13)12-7-11-3-6-14(8-15(11)28-9-12)29-21-18(25)16(23)17(24)19(30-21)20(26)27/h1-6,8,12,16-19,21-25H,7,9H2,(H,26,27)/t12-,16+,17+,18-,19+,21-/m1/s1/i3D,6D,8D. The summed E-state index contributed by atoms with van der Waals surface area (Å²) >= 11 is 0. The van der Waals surface area contributed by atoms with Crippen molar-refractivity contribution in [2.75, 3.05) is 6.61 Å². The van der Waals surface area contributed by atoms with Crippen molar-refractivity contribution < 1.29 is 48.7 Å². The Morgan fingerprint density at radius 3 is 2.53 bits per heavy atom. The minimum atomic E-state index is -1.92. The van der Waals surface area contributed by atoms with Gasteiger partial charge >= 0.3 is 5.97 Å². The molecule has 0 bridgehead atoms. The van der Waals surface area contributed by atoms with Crippen molar-refractivity contribution in [3.8, 4) is 17.2 Å². The Balaban J connectivity index is 1.63. The highest BCUT2D eigenvalue weighted by Gasteiger charge is 2.48. The summed E-state index contributed by atoms with van der Waals surface area (Å²) in [5.41, 5.74) is 1.16. The minimum Gasteiger partial charge on any atom is -0.508 e. The fraction of sp³-hybridized carbons (Fsp3) is 0.381. The van der Waals surface area contributed by atoms with Crippen LogP contribution in [0, 0.1) is 0 Å². The molecule has 30 heavy (non-hydrogen) atoms. The molecular weight excluding hydrogens is 396 g/mol. The number of hydrogen-bond acceptors (Lipinski definition) is 8. The van der Waals surface area contributed by atoms with E-state index in [1.807, 2.05) is 0 Å². The Bertz CT molecular complexity index is 1060. The first-order chi connectivity index (χ1) is 15.6. The molecule has 1 saturated heterocycles.